The number of alkyl halides is 1. The van der Waals surface area contributed by atoms with E-state index in [-0.39, 0.29) is 11.9 Å². The minimum absolute atomic E-state index is 0.228. The summed E-state index contributed by atoms with van der Waals surface area (Å²) < 4.78 is 13.9. The van der Waals surface area contributed by atoms with Crippen molar-refractivity contribution in [1.82, 2.24) is 20.5 Å². The van der Waals surface area contributed by atoms with Crippen LogP contribution in [-0.4, -0.2) is 26.3 Å². The lowest BCUT2D eigenvalue weighted by molar-refractivity contribution is 0.625. The van der Waals surface area contributed by atoms with Crippen LogP contribution in [0.5, 0.6) is 0 Å². The zero-order valence-corrected chi connectivity index (χ0v) is 13.8. The highest BCUT2D eigenvalue weighted by molar-refractivity contribution is 9.10. The molecular formula is C13H10Br2FN5. The van der Waals surface area contributed by atoms with Gasteiger partial charge in [0.15, 0.2) is 11.7 Å². The number of hydrogen-bond acceptors (Lipinski definition) is 4. The van der Waals surface area contributed by atoms with Gasteiger partial charge < -0.3 is 5.32 Å². The van der Waals surface area contributed by atoms with E-state index in [0.717, 1.165) is 11.3 Å². The molecule has 2 N–H and O–H groups in total. The first-order valence-electron chi connectivity index (χ1n) is 6.09. The first-order chi connectivity index (χ1) is 10.2. The number of rotatable bonds is 3. The van der Waals surface area contributed by atoms with Gasteiger partial charge in [-0.2, -0.15) is 5.10 Å². The number of aromatic nitrogens is 3. The largest absolute Gasteiger partial charge is 0.340 e. The molecule has 1 aliphatic rings. The van der Waals surface area contributed by atoms with Gasteiger partial charge in [0.05, 0.1) is 6.04 Å². The van der Waals surface area contributed by atoms with E-state index in [2.05, 4.69) is 57.4 Å². The van der Waals surface area contributed by atoms with E-state index in [1.807, 2.05) is 6.08 Å². The van der Waals surface area contributed by atoms with Crippen LogP contribution in [-0.2, 0) is 0 Å². The zero-order valence-electron chi connectivity index (χ0n) is 10.6. The van der Waals surface area contributed by atoms with Crippen LogP contribution < -0.4 is 5.32 Å². The summed E-state index contributed by atoms with van der Waals surface area (Å²) in [6.07, 6.45) is 3.40. The molecule has 0 saturated carbocycles. The fourth-order valence-corrected chi connectivity index (χ4v) is 2.92. The quantitative estimate of drug-likeness (QED) is 0.758. The minimum atomic E-state index is -0.288. The standard InChI is InChI=1S/C13H10Br2FN5/c14-5-8-4-11(9-2-1-7(16)3-10(9)15)20-13(19-8)12-17-6-18-21-12/h1-4,6,11H,5H2,(H,19,20)(H,17,18,21). The summed E-state index contributed by atoms with van der Waals surface area (Å²) in [5.41, 5.74) is 1.84. The number of allylic oxidation sites excluding steroid dienone is 1. The van der Waals surface area contributed by atoms with E-state index in [9.17, 15) is 4.39 Å². The molecule has 8 heteroatoms. The van der Waals surface area contributed by atoms with Crippen molar-refractivity contribution in [2.75, 3.05) is 5.33 Å². The molecule has 2 heterocycles. The molecule has 5 nitrogen and oxygen atoms in total. The molecule has 1 aromatic carbocycles. The number of hydrogen-bond donors (Lipinski definition) is 2. The maximum absolute atomic E-state index is 13.2. The predicted octanol–water partition coefficient (Wildman–Crippen LogP) is 3.08. The molecule has 0 amide bonds. The lowest BCUT2D eigenvalue weighted by Gasteiger charge is -2.21. The third kappa shape index (κ3) is 3.06. The van der Waals surface area contributed by atoms with Crippen molar-refractivity contribution in [2.45, 2.75) is 6.04 Å². The van der Waals surface area contributed by atoms with E-state index in [4.69, 9.17) is 0 Å². The highest BCUT2D eigenvalue weighted by atomic mass is 79.9. The second kappa shape index (κ2) is 6.07. The lowest BCUT2D eigenvalue weighted by atomic mass is 10.0. The molecule has 0 saturated heterocycles. The van der Waals surface area contributed by atoms with Crippen molar-refractivity contribution in [3.8, 4) is 0 Å². The molecule has 21 heavy (non-hydrogen) atoms. The number of aromatic amines is 1. The number of benzene rings is 1. The van der Waals surface area contributed by atoms with Gasteiger partial charge in [0.25, 0.3) is 0 Å². The molecule has 3 rings (SSSR count). The summed E-state index contributed by atoms with van der Waals surface area (Å²) in [6, 6.07) is 4.35. The molecule has 2 aromatic rings. The Kier molecular flexibility index (Phi) is 4.16. The summed E-state index contributed by atoms with van der Waals surface area (Å²) in [4.78, 5) is 8.70. The Morgan fingerprint density at radius 2 is 2.19 bits per heavy atom. The second-order valence-electron chi connectivity index (χ2n) is 4.37. The Balaban J connectivity index is 2.02. The molecule has 1 aromatic heterocycles. The van der Waals surface area contributed by atoms with Gasteiger partial charge in [-0.15, -0.1) is 0 Å². The van der Waals surface area contributed by atoms with E-state index in [0.29, 0.717) is 21.5 Å². The maximum Gasteiger partial charge on any atom is 0.191 e. The normalized spacial score (nSPS) is 18.0. The fraction of sp³-hybridized carbons (Fsp3) is 0.154. The Morgan fingerprint density at radius 3 is 2.86 bits per heavy atom. The highest BCUT2D eigenvalue weighted by Crippen LogP contribution is 2.30. The second-order valence-corrected chi connectivity index (χ2v) is 5.79. The van der Waals surface area contributed by atoms with Crippen molar-refractivity contribution in [2.24, 2.45) is 4.99 Å². The molecule has 0 bridgehead atoms. The fourth-order valence-electron chi connectivity index (χ4n) is 2.01. The van der Waals surface area contributed by atoms with Crippen LogP contribution in [0.15, 0.2) is 45.8 Å². The predicted molar refractivity (Wildman–Crippen MR) is 84.8 cm³/mol. The van der Waals surface area contributed by atoms with E-state index < -0.39 is 0 Å². The molecule has 0 fully saturated rings. The molecule has 0 radical (unpaired) electrons. The summed E-state index contributed by atoms with van der Waals surface area (Å²) in [5.74, 6) is 0.874. The highest BCUT2D eigenvalue weighted by Gasteiger charge is 2.20. The van der Waals surface area contributed by atoms with Crippen LogP contribution in [0.4, 0.5) is 4.39 Å². The summed E-state index contributed by atoms with van der Waals surface area (Å²) >= 11 is 6.81. The third-order valence-corrected chi connectivity index (χ3v) is 4.26. The van der Waals surface area contributed by atoms with Crippen molar-refractivity contribution in [1.29, 1.82) is 0 Å². The van der Waals surface area contributed by atoms with Crippen LogP contribution in [0.3, 0.4) is 0 Å². The molecule has 1 atom stereocenters. The van der Waals surface area contributed by atoms with Gasteiger partial charge in [-0.1, -0.05) is 37.9 Å². The topological polar surface area (TPSA) is 66.0 Å². The number of halogens is 3. The number of aliphatic imine (C=N–C) groups is 1. The van der Waals surface area contributed by atoms with Crippen LogP contribution >= 0.6 is 31.9 Å². The van der Waals surface area contributed by atoms with E-state index >= 15 is 0 Å². The van der Waals surface area contributed by atoms with Gasteiger partial charge in [-0.3, -0.25) is 10.1 Å². The average molecular weight is 415 g/mol. The van der Waals surface area contributed by atoms with Crippen molar-refractivity contribution < 1.29 is 4.39 Å². The van der Waals surface area contributed by atoms with Gasteiger partial charge in [0.2, 0.25) is 0 Å². The molecular weight excluding hydrogens is 405 g/mol. The Labute approximate surface area is 137 Å². The van der Waals surface area contributed by atoms with Crippen LogP contribution in [0, 0.1) is 5.82 Å². The van der Waals surface area contributed by atoms with Crippen LogP contribution in [0.1, 0.15) is 17.4 Å². The van der Waals surface area contributed by atoms with Gasteiger partial charge in [-0.05, 0) is 23.8 Å². The zero-order chi connectivity index (χ0) is 14.8. The number of nitrogens with zero attached hydrogens (tertiary/aromatic N) is 3. The number of nitrogens with one attached hydrogen (secondary N) is 2. The first-order valence-corrected chi connectivity index (χ1v) is 8.01. The Hall–Kier alpha value is -1.54. The SMILES string of the molecule is Fc1ccc(C2C=C(CBr)NC(c3ncn[nH]3)=N2)c(Br)c1. The van der Waals surface area contributed by atoms with Crippen molar-refractivity contribution in [3.05, 3.63) is 58.0 Å². The molecule has 0 spiro atoms. The molecule has 0 aliphatic carbocycles. The van der Waals surface area contributed by atoms with E-state index in [1.54, 1.807) is 6.07 Å². The maximum atomic E-state index is 13.2. The monoisotopic (exact) mass is 413 g/mol. The minimum Gasteiger partial charge on any atom is -0.340 e. The third-order valence-electron chi connectivity index (χ3n) is 2.97. The summed E-state index contributed by atoms with van der Waals surface area (Å²) in [5, 5.41) is 10.4. The Morgan fingerprint density at radius 1 is 1.33 bits per heavy atom. The van der Waals surface area contributed by atoms with Crippen molar-refractivity contribution >= 4 is 37.7 Å². The van der Waals surface area contributed by atoms with Gasteiger partial charge in [-0.25, -0.2) is 9.37 Å². The lowest BCUT2D eigenvalue weighted by Crippen LogP contribution is -2.30. The van der Waals surface area contributed by atoms with Gasteiger partial charge in [0.1, 0.15) is 12.1 Å². The van der Waals surface area contributed by atoms with Crippen LogP contribution in [0.25, 0.3) is 0 Å². The average Bonchev–Trinajstić information content (AvgIpc) is 3.01. The van der Waals surface area contributed by atoms with Gasteiger partial charge in [0, 0.05) is 15.5 Å². The van der Waals surface area contributed by atoms with Gasteiger partial charge >= 0.3 is 0 Å². The molecule has 1 aliphatic heterocycles. The van der Waals surface area contributed by atoms with Crippen LogP contribution in [0.2, 0.25) is 0 Å². The summed E-state index contributed by atoms with van der Waals surface area (Å²) in [6.45, 7) is 0. The smallest absolute Gasteiger partial charge is 0.191 e. The van der Waals surface area contributed by atoms with E-state index in [1.165, 1.54) is 18.5 Å². The molecule has 1 unspecified atom stereocenters. The first kappa shape index (κ1) is 14.4. The summed E-state index contributed by atoms with van der Waals surface area (Å²) in [7, 11) is 0. The van der Waals surface area contributed by atoms with Crippen molar-refractivity contribution in [3.63, 3.8) is 0 Å². The number of amidine groups is 1. The number of H-pyrrole nitrogens is 1. The molecule has 108 valence electrons. The Bertz CT molecular complexity index is 711.